The first-order chi connectivity index (χ1) is 68.7. The van der Waals surface area contributed by atoms with Crippen LogP contribution in [0.15, 0.2) is 250 Å². The largest absolute Gasteiger partial charge is 0.456 e. The van der Waals surface area contributed by atoms with Crippen LogP contribution in [-0.2, 0) is 63.2 Å². The topological polar surface area (TPSA) is 499 Å². The quantitative estimate of drug-likeness (QED) is 0.0203. The highest BCUT2D eigenvalue weighted by Crippen LogP contribution is 2.35. The number of carbonyl (C=O) groups is 4. The number of carbonyl (C=O) groups excluding carboxylic acids is 4. The zero-order valence-corrected chi connectivity index (χ0v) is 81.6. The molecule has 4 amide bonds. The maximum atomic E-state index is 13.0. The lowest BCUT2D eigenvalue weighted by molar-refractivity contribution is 0.0341. The molecule has 4 unspecified atom stereocenters. The number of benzene rings is 5. The zero-order valence-electron chi connectivity index (χ0n) is 78.3. The molecule has 20 rings (SSSR count). The lowest BCUT2D eigenvalue weighted by atomic mass is 10.0. The number of pyridine rings is 8. The monoisotopic (exact) mass is 2010 g/mol. The second kappa shape index (κ2) is 44.8. The number of piperidine rings is 1. The molecule has 3 aliphatic heterocycles. The number of nitrogens with one attached hydrogen (secondary N) is 12. The summed E-state index contributed by atoms with van der Waals surface area (Å²) in [7, 11) is -9.75. The number of morpholine rings is 1. The van der Waals surface area contributed by atoms with Crippen LogP contribution in [-0.4, -0.2) is 248 Å². The Balaban J connectivity index is 0.000000137. The Bertz CT molecular complexity index is 8000. The molecule has 0 saturated carbocycles. The van der Waals surface area contributed by atoms with Gasteiger partial charge in [-0.3, -0.25) is 93.1 Å². The first-order valence-corrected chi connectivity index (χ1v) is 53.7. The summed E-state index contributed by atoms with van der Waals surface area (Å²) in [5.74, 6) is 15.6. The molecule has 0 radical (unpaired) electrons. The number of rotatable bonds is 28. The average Bonchev–Trinajstić information content (AvgIpc) is 1.66. The van der Waals surface area contributed by atoms with Crippen molar-refractivity contribution in [2.45, 2.75) is 52.4 Å². The van der Waals surface area contributed by atoms with Crippen LogP contribution in [0.25, 0.3) is 88.1 Å². The van der Waals surface area contributed by atoms with Crippen LogP contribution >= 0.6 is 0 Å². The van der Waals surface area contributed by atoms with Crippen LogP contribution in [0.5, 0.6) is 11.5 Å². The Morgan fingerprint density at radius 1 is 0.361 bits per heavy atom. The normalized spacial score (nSPS) is 15.0. The van der Waals surface area contributed by atoms with Crippen molar-refractivity contribution >= 4 is 176 Å². The van der Waals surface area contributed by atoms with E-state index in [1.54, 1.807) is 60.9 Å². The number of anilines is 8. The third-order valence-corrected chi connectivity index (χ3v) is 25.3. The van der Waals surface area contributed by atoms with Crippen LogP contribution < -0.4 is 44.9 Å². The highest BCUT2D eigenvalue weighted by atomic mass is 32.2. The van der Waals surface area contributed by atoms with Gasteiger partial charge in [0.05, 0.1) is 95.1 Å². The van der Waals surface area contributed by atoms with Gasteiger partial charge in [-0.1, -0.05) is 49.9 Å². The van der Waals surface area contributed by atoms with Crippen molar-refractivity contribution in [1.29, 1.82) is 0 Å². The predicted octanol–water partition coefficient (Wildman–Crippen LogP) is 14.2. The smallest absolute Gasteiger partial charge is 0.276 e. The molecule has 13 N–H and O–H groups in total. The van der Waals surface area contributed by atoms with E-state index in [-0.39, 0.29) is 54.0 Å². The fourth-order valence-electron chi connectivity index (χ4n) is 15.8. The Morgan fingerprint density at radius 3 is 0.951 bits per heavy atom. The number of hydrogen-bond donors (Lipinski definition) is 13. The van der Waals surface area contributed by atoms with Crippen molar-refractivity contribution in [3.63, 3.8) is 0 Å². The molecule has 42 heteroatoms. The number of H-pyrrole nitrogens is 4. The summed E-state index contributed by atoms with van der Waals surface area (Å²) in [6.07, 6.45) is 29.0. The van der Waals surface area contributed by atoms with Crippen molar-refractivity contribution in [1.82, 2.24) is 95.4 Å². The maximum absolute atomic E-state index is 13.0. The highest BCUT2D eigenvalue weighted by molar-refractivity contribution is 8.01. The number of para-hydroxylation sites is 1. The minimum Gasteiger partial charge on any atom is -0.456 e. The molecule has 144 heavy (non-hydrogen) atoms. The van der Waals surface area contributed by atoms with E-state index in [0.29, 0.717) is 73.7 Å². The number of aliphatic hydroxyl groups is 1. The average molecular weight is 2020 g/mol. The molecule has 740 valence electrons. The summed E-state index contributed by atoms with van der Waals surface area (Å²) in [5.41, 5.74) is 16.9. The summed E-state index contributed by atoms with van der Waals surface area (Å²) in [6.45, 7) is 9.82. The van der Waals surface area contributed by atoms with Gasteiger partial charge in [0.1, 0.15) is 34.8 Å². The van der Waals surface area contributed by atoms with Gasteiger partial charge < -0.3 is 35.8 Å². The Hall–Kier alpha value is -16.1. The van der Waals surface area contributed by atoms with Crippen molar-refractivity contribution in [3.8, 4) is 56.0 Å². The number of fused-ring (bicyclic) bond motifs is 4. The van der Waals surface area contributed by atoms with Gasteiger partial charge in [-0.25, -0.2) is 36.8 Å². The molecule has 0 bridgehead atoms. The van der Waals surface area contributed by atoms with Gasteiger partial charge in [0, 0.05) is 197 Å². The molecule has 38 nitrogen and oxygen atoms in total. The van der Waals surface area contributed by atoms with Gasteiger partial charge in [0.2, 0.25) is 0 Å². The van der Waals surface area contributed by atoms with E-state index in [9.17, 15) is 41.1 Å². The number of ether oxygens (including phenoxy) is 2. The van der Waals surface area contributed by atoms with Gasteiger partial charge in [-0.05, 0) is 228 Å². The number of hydrogen-bond acceptors (Lipinski definition) is 26. The summed E-state index contributed by atoms with van der Waals surface area (Å²) >= 11 is 0. The molecule has 17 aromatic rings. The van der Waals surface area contributed by atoms with Crippen LogP contribution in [0.2, 0.25) is 0 Å². The first-order valence-electron chi connectivity index (χ1n) is 45.1. The van der Waals surface area contributed by atoms with E-state index in [1.165, 1.54) is 61.8 Å². The van der Waals surface area contributed by atoms with E-state index in [2.05, 4.69) is 177 Å². The van der Waals surface area contributed by atoms with Gasteiger partial charge in [0.25, 0.3) is 23.6 Å². The lowest BCUT2D eigenvalue weighted by Gasteiger charge is -2.30. The molecule has 12 aromatic heterocycles. The molecule has 3 aliphatic rings. The molecule has 3 fully saturated rings. The van der Waals surface area contributed by atoms with E-state index in [0.717, 1.165) is 168 Å². The molecule has 0 aliphatic carbocycles. The van der Waals surface area contributed by atoms with Crippen LogP contribution in [0.1, 0.15) is 85.3 Å². The highest BCUT2D eigenvalue weighted by Gasteiger charge is 2.25. The number of likely N-dealkylation sites (tertiary alicyclic amines) is 2. The number of amides is 4. The second-order valence-electron chi connectivity index (χ2n) is 34.9. The lowest BCUT2D eigenvalue weighted by Crippen LogP contribution is -2.36. The van der Waals surface area contributed by atoms with Crippen LogP contribution in [0.3, 0.4) is 0 Å². The van der Waals surface area contributed by atoms with Crippen LogP contribution in [0, 0.1) is 0 Å². The minimum atomic E-state index is -2.44. The molecular formula is C102H107N27O11S4. The number of aromatic nitrogens is 16. The van der Waals surface area contributed by atoms with Gasteiger partial charge in [-0.2, -0.15) is 20.4 Å². The summed E-state index contributed by atoms with van der Waals surface area (Å²) in [4.78, 5) is 93.3. The third-order valence-electron chi connectivity index (χ3n) is 22.7. The van der Waals surface area contributed by atoms with Gasteiger partial charge in [0.15, 0.2) is 22.8 Å². The third kappa shape index (κ3) is 27.4. The van der Waals surface area contributed by atoms with E-state index >= 15 is 0 Å². The Labute approximate surface area is 831 Å². The summed E-state index contributed by atoms with van der Waals surface area (Å²) < 4.78 is 69.3. The van der Waals surface area contributed by atoms with Gasteiger partial charge >= 0.3 is 0 Å². The van der Waals surface area contributed by atoms with E-state index in [1.807, 2.05) is 146 Å². The molecule has 15 heterocycles. The fourth-order valence-corrected chi connectivity index (χ4v) is 18.1. The number of aliphatic hydroxyl groups excluding tert-OH is 1. The molecule has 0 spiro atoms. The van der Waals surface area contributed by atoms with Crippen molar-refractivity contribution in [3.05, 3.63) is 290 Å². The van der Waals surface area contributed by atoms with Crippen LogP contribution in [0.4, 0.5) is 46.0 Å². The zero-order chi connectivity index (χ0) is 99.9. The Kier molecular flexibility index (Phi) is 31.4. The molecule has 5 aromatic carbocycles. The van der Waals surface area contributed by atoms with Crippen molar-refractivity contribution in [2.24, 2.45) is 0 Å². The molecular weight excluding hydrogens is 1910 g/mol. The first kappa shape index (κ1) is 101. The Morgan fingerprint density at radius 2 is 0.660 bits per heavy atom. The predicted molar refractivity (Wildman–Crippen MR) is 575 cm³/mol. The van der Waals surface area contributed by atoms with E-state index < -0.39 is 44.7 Å². The second-order valence-corrected chi connectivity index (χ2v) is 43.8. The fraction of sp³-hybridized carbons (Fsp3) is 0.196. The van der Waals surface area contributed by atoms with Crippen molar-refractivity contribution < 1.29 is 50.6 Å². The SMILES string of the molecule is C.C=S(C)(=O)Nc1ccc(NC(=O)c2n[nH]c3ccc(-c4cncc(CN5CCC(O)CC5)c4)cc23)cn1.C=S(C)(=O)Nc1ccc(NC(=O)c2n[nH]c3ccc(-c4cncc(CN5CCC5)c4)cc23)cn1.C=S(C)(=O)Nc1ccc(NC(=O)c2n[nH]c3ccc(-c4cncc(CN5CCOCC5)c4)cc23)cn1.C=S(C)(=O)Nc1ccc(NC(=O)c2n[nH]c3ccc(-c4cncc(Oc5ccccc5)c4)cc23)cn1. The standard InChI is InChI=1S/C26H29N7O3S.C26H22N6O3S.C25H27N7O3S.C24H25N7O2S.CH4/c1-37(2,36)32-24-6-4-20(15-28-24)29-26(35)25-22-12-18(3-5-23(22)30-31-25)19-11-17(13-27-14-19)16-33-9-7-21(34)8-10-33;1-36(2,34)32-24-11-9-19(15-28-24)29-26(33)25-22-13-17(8-10-23(22)30-31-25)18-12-21(16-27-14-18)35-20-6-4-3-5-7-20;1-36(2,34)31-23-6-4-20(15-27-23)28-25(33)24-21-12-18(3-5-22(21)29-30-24)19-11-17(13-26-14-19)16-32-7-9-35-10-8-32;1-34(2,33)30-22-7-5-19(14-26-22)27-24(32)23-20-11-17(4-6-21(20)28-29-23)18-10-16(12-25-13-18)15-31-8-3-9-31;/h3-6,11-15,21,34H,1,7-10,16H2,2H3,(H,29,35)(H,30,31)(H,28,32,36);3-16H,1H2,2H3,(H,29,33)(H,30,31)(H,28,32,34);3-6,11-15H,1,7-10,16H2,2H3,(H,28,33)(H,29,30)(H,27,31,34);4-7,10-14H,1,3,8-9,15H2,2H3,(H,27,32)(H,28,29)(H,26,30,33);1H4. The molecule has 3 saturated heterocycles. The van der Waals surface area contributed by atoms with Crippen molar-refractivity contribution in [2.75, 3.05) is 118 Å². The molecule has 4 atom stereocenters. The summed E-state index contributed by atoms with van der Waals surface area (Å²) in [5, 5.41) is 52.3. The van der Waals surface area contributed by atoms with E-state index in [4.69, 9.17) is 9.47 Å². The number of aromatic amines is 4. The maximum Gasteiger partial charge on any atom is 0.276 e. The summed E-state index contributed by atoms with van der Waals surface area (Å²) in [6, 6.07) is 54.1. The minimum absolute atomic E-state index is 0. The van der Waals surface area contributed by atoms with Gasteiger partial charge in [-0.15, -0.1) is 0 Å². The number of nitrogens with zero attached hydrogens (tertiary/aromatic N) is 15.